The third-order valence-corrected chi connectivity index (χ3v) is 7.70. The molecule has 164 valence electrons. The number of benzene rings is 2. The van der Waals surface area contributed by atoms with Gasteiger partial charge in [-0.25, -0.2) is 13.1 Å². The molecule has 0 spiro atoms. The number of piperidine rings is 1. The van der Waals surface area contributed by atoms with Gasteiger partial charge in [0.25, 0.3) is 5.91 Å². The highest BCUT2D eigenvalue weighted by Gasteiger charge is 2.27. The van der Waals surface area contributed by atoms with E-state index in [0.717, 1.165) is 34.9 Å². The van der Waals surface area contributed by atoms with Crippen LogP contribution in [0.3, 0.4) is 0 Å². The molecule has 1 aliphatic heterocycles. The number of para-hydroxylation sites is 1. The smallest absolute Gasteiger partial charge is 0.289 e. The maximum absolute atomic E-state index is 12.9. The zero-order chi connectivity index (χ0) is 22.2. The number of carbonyl (C=O) groups is 1. The molecule has 1 aliphatic rings. The Morgan fingerprint density at radius 3 is 2.35 bits per heavy atom. The van der Waals surface area contributed by atoms with E-state index in [9.17, 15) is 13.2 Å². The van der Waals surface area contributed by atoms with Gasteiger partial charge in [0.1, 0.15) is 5.58 Å². The number of likely N-dealkylation sites (tertiary alicyclic amines) is 1. The zero-order valence-corrected chi connectivity index (χ0v) is 19.0. The minimum absolute atomic E-state index is 0.110. The second-order valence-electron chi connectivity index (χ2n) is 8.46. The van der Waals surface area contributed by atoms with Crippen LogP contribution in [-0.2, 0) is 10.0 Å². The summed E-state index contributed by atoms with van der Waals surface area (Å²) < 4.78 is 34.3. The Bertz CT molecular complexity index is 1170. The van der Waals surface area contributed by atoms with Gasteiger partial charge in [-0.15, -0.1) is 0 Å². The van der Waals surface area contributed by atoms with Crippen LogP contribution >= 0.6 is 0 Å². The predicted octanol–water partition coefficient (Wildman–Crippen LogP) is 4.19. The van der Waals surface area contributed by atoms with Crippen LogP contribution in [0.4, 0.5) is 0 Å². The number of aryl methyl sites for hydroxylation is 3. The van der Waals surface area contributed by atoms with Gasteiger partial charge in [-0.1, -0.05) is 35.9 Å². The van der Waals surface area contributed by atoms with Gasteiger partial charge >= 0.3 is 0 Å². The van der Waals surface area contributed by atoms with Gasteiger partial charge in [0, 0.05) is 25.0 Å². The Labute approximate surface area is 183 Å². The molecule has 1 aromatic heterocycles. The molecule has 0 radical (unpaired) electrons. The molecule has 6 nitrogen and oxygen atoms in total. The van der Waals surface area contributed by atoms with Crippen LogP contribution in [0.2, 0.25) is 0 Å². The summed E-state index contributed by atoms with van der Waals surface area (Å²) in [6.07, 6.45) is 1.50. The summed E-state index contributed by atoms with van der Waals surface area (Å²) in [5.41, 5.74) is 3.28. The van der Waals surface area contributed by atoms with E-state index in [4.69, 9.17) is 4.42 Å². The van der Waals surface area contributed by atoms with Crippen molar-refractivity contribution in [2.24, 2.45) is 5.92 Å². The Balaban J connectivity index is 1.35. The topological polar surface area (TPSA) is 79.6 Å². The largest absolute Gasteiger partial charge is 0.451 e. The van der Waals surface area contributed by atoms with Gasteiger partial charge in [0.05, 0.1) is 4.90 Å². The number of hydrogen-bond acceptors (Lipinski definition) is 4. The van der Waals surface area contributed by atoms with Gasteiger partial charge in [0.15, 0.2) is 5.76 Å². The zero-order valence-electron chi connectivity index (χ0n) is 18.1. The number of nitrogens with zero attached hydrogens (tertiary/aromatic N) is 1. The fourth-order valence-corrected chi connectivity index (χ4v) is 6.04. The van der Waals surface area contributed by atoms with E-state index in [1.165, 1.54) is 0 Å². The quantitative estimate of drug-likeness (QED) is 0.645. The minimum Gasteiger partial charge on any atom is -0.451 e. The van der Waals surface area contributed by atoms with E-state index < -0.39 is 10.0 Å². The van der Waals surface area contributed by atoms with Crippen LogP contribution in [0.25, 0.3) is 11.0 Å². The average molecular weight is 441 g/mol. The molecule has 31 heavy (non-hydrogen) atoms. The average Bonchev–Trinajstić information content (AvgIpc) is 3.15. The monoisotopic (exact) mass is 440 g/mol. The molecule has 1 fully saturated rings. The molecule has 0 atom stereocenters. The Hall–Kier alpha value is -2.64. The summed E-state index contributed by atoms with van der Waals surface area (Å²) in [6, 6.07) is 13.1. The summed E-state index contributed by atoms with van der Waals surface area (Å²) >= 11 is 0. The maximum Gasteiger partial charge on any atom is 0.289 e. The van der Waals surface area contributed by atoms with Crippen molar-refractivity contribution < 1.29 is 17.6 Å². The lowest BCUT2D eigenvalue weighted by Crippen LogP contribution is -2.41. The van der Waals surface area contributed by atoms with Crippen LogP contribution in [0.15, 0.2) is 51.8 Å². The van der Waals surface area contributed by atoms with E-state index in [1.807, 2.05) is 57.2 Å². The number of sulfonamides is 1. The number of nitrogens with one attached hydrogen (secondary N) is 1. The first kappa shape index (κ1) is 21.6. The molecule has 0 aliphatic carbocycles. The van der Waals surface area contributed by atoms with Crippen molar-refractivity contribution in [3.63, 3.8) is 0 Å². The standard InChI is InChI=1S/C24H28N2O4S/c1-16-12-17(2)23(18(3)13-16)31(28,29)25-15-19-8-10-26(11-9-19)24(27)22-14-20-6-4-5-7-21(20)30-22/h4-7,12-14,19,25H,8-11,15H2,1-3H3. The first-order chi connectivity index (χ1) is 14.7. The number of furan rings is 1. The van der Waals surface area contributed by atoms with Gasteiger partial charge in [-0.3, -0.25) is 4.79 Å². The molecule has 2 aromatic carbocycles. The lowest BCUT2D eigenvalue weighted by Gasteiger charge is -2.31. The molecule has 0 unspecified atom stereocenters. The van der Waals surface area contributed by atoms with Gasteiger partial charge in [-0.05, 0) is 62.8 Å². The molecule has 3 aromatic rings. The van der Waals surface area contributed by atoms with E-state index in [-0.39, 0.29) is 11.8 Å². The highest BCUT2D eigenvalue weighted by molar-refractivity contribution is 7.89. The summed E-state index contributed by atoms with van der Waals surface area (Å²) in [5, 5.41) is 0.914. The summed E-state index contributed by atoms with van der Waals surface area (Å²) in [5.74, 6) is 0.437. The fraction of sp³-hybridized carbons (Fsp3) is 0.375. The third-order valence-electron chi connectivity index (χ3n) is 5.97. The lowest BCUT2D eigenvalue weighted by atomic mass is 9.97. The highest BCUT2D eigenvalue weighted by atomic mass is 32.2. The molecule has 0 bridgehead atoms. The molecule has 1 N–H and O–H groups in total. The summed E-state index contributed by atoms with van der Waals surface area (Å²) in [4.78, 5) is 15.0. The van der Waals surface area contributed by atoms with Crippen LogP contribution in [-0.4, -0.2) is 38.9 Å². The van der Waals surface area contributed by atoms with E-state index >= 15 is 0 Å². The summed E-state index contributed by atoms with van der Waals surface area (Å²) in [7, 11) is -3.57. The first-order valence-electron chi connectivity index (χ1n) is 10.6. The molecule has 7 heteroatoms. The van der Waals surface area contributed by atoms with Crippen molar-refractivity contribution >= 4 is 26.9 Å². The highest BCUT2D eigenvalue weighted by Crippen LogP contribution is 2.25. The molecule has 1 saturated heterocycles. The van der Waals surface area contributed by atoms with Crippen LogP contribution in [0.1, 0.15) is 40.1 Å². The van der Waals surface area contributed by atoms with Crippen molar-refractivity contribution in [2.45, 2.75) is 38.5 Å². The Morgan fingerprint density at radius 2 is 1.71 bits per heavy atom. The number of fused-ring (bicyclic) bond motifs is 1. The van der Waals surface area contributed by atoms with Crippen LogP contribution < -0.4 is 4.72 Å². The molecule has 0 saturated carbocycles. The van der Waals surface area contributed by atoms with Crippen molar-refractivity contribution in [3.8, 4) is 0 Å². The molecule has 4 rings (SSSR count). The molecular weight excluding hydrogens is 412 g/mol. The third kappa shape index (κ3) is 4.52. The van der Waals surface area contributed by atoms with Crippen LogP contribution in [0, 0.1) is 26.7 Å². The molecule has 2 heterocycles. The second-order valence-corrected chi connectivity index (χ2v) is 10.2. The summed E-state index contributed by atoms with van der Waals surface area (Å²) in [6.45, 7) is 7.18. The predicted molar refractivity (Wildman–Crippen MR) is 121 cm³/mol. The van der Waals surface area contributed by atoms with Crippen molar-refractivity contribution in [3.05, 3.63) is 64.9 Å². The molecule has 1 amide bonds. The maximum atomic E-state index is 12.9. The van der Waals surface area contributed by atoms with Crippen molar-refractivity contribution in [2.75, 3.05) is 19.6 Å². The minimum atomic E-state index is -3.57. The second kappa shape index (κ2) is 8.48. The number of amides is 1. The first-order valence-corrected chi connectivity index (χ1v) is 12.1. The number of hydrogen-bond donors (Lipinski definition) is 1. The lowest BCUT2D eigenvalue weighted by molar-refractivity contribution is 0.0662. The van der Waals surface area contributed by atoms with E-state index in [0.29, 0.717) is 35.9 Å². The van der Waals surface area contributed by atoms with E-state index in [2.05, 4.69) is 4.72 Å². The normalized spacial score (nSPS) is 15.5. The van der Waals surface area contributed by atoms with Crippen molar-refractivity contribution in [1.82, 2.24) is 9.62 Å². The van der Waals surface area contributed by atoms with Gasteiger partial charge in [-0.2, -0.15) is 0 Å². The van der Waals surface area contributed by atoms with E-state index in [1.54, 1.807) is 11.0 Å². The number of rotatable bonds is 5. The fourth-order valence-electron chi connectivity index (χ4n) is 4.47. The molecular formula is C24H28N2O4S. The number of carbonyl (C=O) groups excluding carboxylic acids is 1. The van der Waals surface area contributed by atoms with Crippen LogP contribution in [0.5, 0.6) is 0 Å². The van der Waals surface area contributed by atoms with Gasteiger partial charge < -0.3 is 9.32 Å². The van der Waals surface area contributed by atoms with Crippen molar-refractivity contribution in [1.29, 1.82) is 0 Å². The Morgan fingerprint density at radius 1 is 1.06 bits per heavy atom. The van der Waals surface area contributed by atoms with Gasteiger partial charge in [0.2, 0.25) is 10.0 Å². The Kier molecular flexibility index (Phi) is 5.90. The SMILES string of the molecule is Cc1cc(C)c(S(=O)(=O)NCC2CCN(C(=O)c3cc4ccccc4o3)CC2)c(C)c1.